The van der Waals surface area contributed by atoms with Gasteiger partial charge in [0.25, 0.3) is 0 Å². The highest BCUT2D eigenvalue weighted by molar-refractivity contribution is 7.08. The summed E-state index contributed by atoms with van der Waals surface area (Å²) in [4.78, 5) is 0. The van der Waals surface area contributed by atoms with Gasteiger partial charge < -0.3 is 10.1 Å². The molecule has 1 aromatic heterocycles. The molecule has 4 heteroatoms. The summed E-state index contributed by atoms with van der Waals surface area (Å²) in [7, 11) is 1.62. The van der Waals surface area contributed by atoms with Crippen molar-refractivity contribution in [2.45, 2.75) is 13.5 Å². The Hall–Kier alpha value is -1.99. The topological polar surface area (TPSA) is 45.0 Å². The van der Waals surface area contributed by atoms with Gasteiger partial charge >= 0.3 is 0 Å². The molecular formula is C14H14N2OS. The first-order valence-corrected chi connectivity index (χ1v) is 6.52. The van der Waals surface area contributed by atoms with Gasteiger partial charge in [0.15, 0.2) is 0 Å². The summed E-state index contributed by atoms with van der Waals surface area (Å²) < 4.78 is 5.17. The molecule has 0 bridgehead atoms. The molecule has 0 saturated heterocycles. The Kier molecular flexibility index (Phi) is 3.85. The number of hydrogen-bond donors (Lipinski definition) is 1. The molecule has 0 atom stereocenters. The number of hydrogen-bond acceptors (Lipinski definition) is 4. The van der Waals surface area contributed by atoms with Crippen molar-refractivity contribution in [2.24, 2.45) is 0 Å². The van der Waals surface area contributed by atoms with Crippen molar-refractivity contribution >= 4 is 17.0 Å². The lowest BCUT2D eigenvalue weighted by atomic mass is 10.1. The smallest absolute Gasteiger partial charge is 0.121 e. The maximum atomic E-state index is 9.07. The first-order chi connectivity index (χ1) is 8.74. The third kappa shape index (κ3) is 2.63. The van der Waals surface area contributed by atoms with E-state index in [4.69, 9.17) is 10.00 Å². The van der Waals surface area contributed by atoms with Crippen LogP contribution in [0.2, 0.25) is 0 Å². The van der Waals surface area contributed by atoms with Crippen LogP contribution >= 0.6 is 11.3 Å². The second kappa shape index (κ2) is 5.56. The molecule has 0 aliphatic rings. The van der Waals surface area contributed by atoms with Crippen molar-refractivity contribution in [3.63, 3.8) is 0 Å². The molecule has 0 unspecified atom stereocenters. The fourth-order valence-electron chi connectivity index (χ4n) is 1.65. The Morgan fingerprint density at radius 3 is 2.83 bits per heavy atom. The zero-order valence-electron chi connectivity index (χ0n) is 10.4. The van der Waals surface area contributed by atoms with Gasteiger partial charge in [-0.3, -0.25) is 0 Å². The Labute approximate surface area is 111 Å². The molecule has 0 aliphatic heterocycles. The van der Waals surface area contributed by atoms with E-state index in [1.807, 2.05) is 6.07 Å². The van der Waals surface area contributed by atoms with Crippen molar-refractivity contribution in [1.29, 1.82) is 5.26 Å². The van der Waals surface area contributed by atoms with E-state index in [0.29, 0.717) is 5.56 Å². The fourth-order valence-corrected chi connectivity index (χ4v) is 2.51. The van der Waals surface area contributed by atoms with Gasteiger partial charge in [0, 0.05) is 12.6 Å². The van der Waals surface area contributed by atoms with E-state index in [1.54, 1.807) is 30.6 Å². The lowest BCUT2D eigenvalue weighted by Crippen LogP contribution is -2.01. The number of rotatable bonds is 4. The highest BCUT2D eigenvalue weighted by Gasteiger charge is 2.05. The number of aryl methyl sites for hydroxylation is 1. The molecule has 1 N–H and O–H groups in total. The first kappa shape index (κ1) is 12.5. The normalized spacial score (nSPS) is 9.83. The standard InChI is InChI=1S/C14H14N2OS/c1-10-8-18-9-12(10)7-16-14-5-13(17-2)4-3-11(14)6-15/h3-5,8-9,16H,7H2,1-2H3. The van der Waals surface area contributed by atoms with Crippen LogP contribution < -0.4 is 10.1 Å². The molecule has 0 radical (unpaired) electrons. The molecule has 0 amide bonds. The van der Waals surface area contributed by atoms with E-state index >= 15 is 0 Å². The molecule has 2 aromatic rings. The van der Waals surface area contributed by atoms with Crippen LogP contribution in [0.3, 0.4) is 0 Å². The van der Waals surface area contributed by atoms with Crippen LogP contribution in [0.25, 0.3) is 0 Å². The average Bonchev–Trinajstić information content (AvgIpc) is 2.81. The third-order valence-corrected chi connectivity index (χ3v) is 3.69. The summed E-state index contributed by atoms with van der Waals surface area (Å²) >= 11 is 1.69. The van der Waals surface area contributed by atoms with Gasteiger partial charge in [-0.05, 0) is 40.9 Å². The van der Waals surface area contributed by atoms with Crippen molar-refractivity contribution in [2.75, 3.05) is 12.4 Å². The van der Waals surface area contributed by atoms with Crippen LogP contribution in [0.4, 0.5) is 5.69 Å². The Bertz CT molecular complexity index is 584. The van der Waals surface area contributed by atoms with Gasteiger partial charge in [0.2, 0.25) is 0 Å². The molecule has 1 aromatic carbocycles. The van der Waals surface area contributed by atoms with Gasteiger partial charge in [-0.2, -0.15) is 16.6 Å². The predicted octanol–water partition coefficient (Wildman–Crippen LogP) is 3.55. The molecule has 18 heavy (non-hydrogen) atoms. The van der Waals surface area contributed by atoms with Gasteiger partial charge in [-0.25, -0.2) is 0 Å². The zero-order chi connectivity index (χ0) is 13.0. The predicted molar refractivity (Wildman–Crippen MR) is 74.1 cm³/mol. The minimum Gasteiger partial charge on any atom is -0.497 e. The highest BCUT2D eigenvalue weighted by atomic mass is 32.1. The molecule has 0 aliphatic carbocycles. The van der Waals surface area contributed by atoms with Crippen LogP contribution in [0, 0.1) is 18.3 Å². The van der Waals surface area contributed by atoms with Crippen LogP contribution in [-0.2, 0) is 6.54 Å². The lowest BCUT2D eigenvalue weighted by molar-refractivity contribution is 0.415. The number of methoxy groups -OCH3 is 1. The summed E-state index contributed by atoms with van der Waals surface area (Å²) in [5.41, 5.74) is 3.96. The molecule has 0 saturated carbocycles. The molecule has 1 heterocycles. The number of thiophene rings is 1. The SMILES string of the molecule is COc1ccc(C#N)c(NCc2cscc2C)c1. The van der Waals surface area contributed by atoms with Crippen LogP contribution in [0.15, 0.2) is 29.0 Å². The Morgan fingerprint density at radius 1 is 1.39 bits per heavy atom. The second-order valence-electron chi connectivity index (χ2n) is 3.96. The third-order valence-electron chi connectivity index (χ3n) is 2.78. The maximum Gasteiger partial charge on any atom is 0.121 e. The van der Waals surface area contributed by atoms with E-state index < -0.39 is 0 Å². The minimum atomic E-state index is 0.628. The number of nitrogens with zero attached hydrogens (tertiary/aromatic N) is 1. The number of nitrogens with one attached hydrogen (secondary N) is 1. The van der Waals surface area contributed by atoms with Gasteiger partial charge in [-0.15, -0.1) is 0 Å². The quantitative estimate of drug-likeness (QED) is 0.912. The number of anilines is 1. The van der Waals surface area contributed by atoms with Gasteiger partial charge in [0.05, 0.1) is 18.4 Å². The summed E-state index contributed by atoms with van der Waals surface area (Å²) in [6, 6.07) is 7.58. The monoisotopic (exact) mass is 258 g/mol. The average molecular weight is 258 g/mol. The van der Waals surface area contributed by atoms with Crippen LogP contribution in [0.5, 0.6) is 5.75 Å². The molecule has 92 valence electrons. The minimum absolute atomic E-state index is 0.628. The second-order valence-corrected chi connectivity index (χ2v) is 4.70. The van der Waals surface area contributed by atoms with Gasteiger partial charge in [0.1, 0.15) is 11.8 Å². The van der Waals surface area contributed by atoms with Crippen molar-refractivity contribution in [3.8, 4) is 11.8 Å². The highest BCUT2D eigenvalue weighted by Crippen LogP contribution is 2.23. The molecule has 0 spiro atoms. The number of ether oxygens (including phenoxy) is 1. The van der Waals surface area contributed by atoms with Crippen molar-refractivity contribution < 1.29 is 4.74 Å². The first-order valence-electron chi connectivity index (χ1n) is 5.58. The summed E-state index contributed by atoms with van der Waals surface area (Å²) in [5, 5.41) is 16.6. The molecule has 3 nitrogen and oxygen atoms in total. The van der Waals surface area contributed by atoms with E-state index in [-0.39, 0.29) is 0 Å². The van der Waals surface area contributed by atoms with E-state index in [2.05, 4.69) is 29.1 Å². The van der Waals surface area contributed by atoms with Crippen molar-refractivity contribution in [1.82, 2.24) is 0 Å². The van der Waals surface area contributed by atoms with Crippen molar-refractivity contribution in [3.05, 3.63) is 45.6 Å². The Morgan fingerprint density at radius 2 is 2.22 bits per heavy atom. The molecule has 0 fully saturated rings. The fraction of sp³-hybridized carbons (Fsp3) is 0.214. The Balaban J connectivity index is 2.18. The molecular weight excluding hydrogens is 244 g/mol. The van der Waals surface area contributed by atoms with E-state index in [1.165, 1.54) is 11.1 Å². The van der Waals surface area contributed by atoms with Gasteiger partial charge in [-0.1, -0.05) is 0 Å². The molecule has 2 rings (SSSR count). The number of benzene rings is 1. The lowest BCUT2D eigenvalue weighted by Gasteiger charge is -2.09. The largest absolute Gasteiger partial charge is 0.497 e. The van der Waals surface area contributed by atoms with Crippen LogP contribution in [0.1, 0.15) is 16.7 Å². The zero-order valence-corrected chi connectivity index (χ0v) is 11.2. The van der Waals surface area contributed by atoms with E-state index in [9.17, 15) is 0 Å². The number of nitriles is 1. The van der Waals surface area contributed by atoms with E-state index in [0.717, 1.165) is 18.0 Å². The summed E-state index contributed by atoms with van der Waals surface area (Å²) in [6.07, 6.45) is 0. The van der Waals surface area contributed by atoms with Crippen LogP contribution in [-0.4, -0.2) is 7.11 Å². The summed E-state index contributed by atoms with van der Waals surface area (Å²) in [5.74, 6) is 0.749. The summed E-state index contributed by atoms with van der Waals surface area (Å²) in [6.45, 7) is 2.81. The maximum absolute atomic E-state index is 9.07.